The molecule has 2 aromatic rings. The highest BCUT2D eigenvalue weighted by atomic mass is 32.1. The van der Waals surface area contributed by atoms with Gasteiger partial charge in [-0.25, -0.2) is 0 Å². The molecule has 1 aromatic heterocycles. The summed E-state index contributed by atoms with van der Waals surface area (Å²) >= 11 is 1.44. The smallest absolute Gasteiger partial charge is 0.243 e. The van der Waals surface area contributed by atoms with Crippen LogP contribution in [0.5, 0.6) is 0 Å². The lowest BCUT2D eigenvalue weighted by Crippen LogP contribution is -2.52. The van der Waals surface area contributed by atoms with Gasteiger partial charge in [-0.1, -0.05) is 36.5 Å². The molecule has 0 bridgehead atoms. The van der Waals surface area contributed by atoms with Crippen molar-refractivity contribution in [2.75, 3.05) is 36.4 Å². The number of anilines is 2. The summed E-state index contributed by atoms with van der Waals surface area (Å²) in [5.41, 5.74) is 1.25. The van der Waals surface area contributed by atoms with E-state index in [2.05, 4.69) is 49.6 Å². The summed E-state index contributed by atoms with van der Waals surface area (Å²) in [6.45, 7) is 7.59. The lowest BCUT2D eigenvalue weighted by molar-refractivity contribution is -0.120. The minimum Gasteiger partial charge on any atom is -0.369 e. The highest BCUT2D eigenvalue weighted by Crippen LogP contribution is 2.18. The lowest BCUT2D eigenvalue weighted by atomic mass is 10.2. The zero-order valence-corrected chi connectivity index (χ0v) is 14.9. The van der Waals surface area contributed by atoms with Gasteiger partial charge in [0.25, 0.3) is 0 Å². The minimum atomic E-state index is -0.170. The zero-order chi connectivity index (χ0) is 16.9. The molecule has 0 saturated carbocycles. The monoisotopic (exact) mass is 345 g/mol. The first-order valence-electron chi connectivity index (χ1n) is 8.34. The molecule has 1 aromatic carbocycles. The first kappa shape index (κ1) is 16.9. The number of aryl methyl sites for hydroxylation is 1. The van der Waals surface area contributed by atoms with Crippen LogP contribution in [0.25, 0.3) is 0 Å². The zero-order valence-electron chi connectivity index (χ0n) is 14.1. The van der Waals surface area contributed by atoms with Gasteiger partial charge in [0, 0.05) is 31.9 Å². The number of carbonyl (C=O) groups is 1. The molecule has 1 amide bonds. The molecule has 0 unspecified atom stereocenters. The molecule has 6 nitrogen and oxygen atoms in total. The molecule has 2 heterocycles. The summed E-state index contributed by atoms with van der Waals surface area (Å²) in [5.74, 6) is -0.0121. The number of piperazine rings is 1. The number of amides is 1. The summed E-state index contributed by atoms with van der Waals surface area (Å²) in [6.07, 6.45) is 0.838. The van der Waals surface area contributed by atoms with Gasteiger partial charge in [-0.15, -0.1) is 10.2 Å². The van der Waals surface area contributed by atoms with Crippen LogP contribution in [-0.4, -0.2) is 53.2 Å². The molecule has 7 heteroatoms. The van der Waals surface area contributed by atoms with Crippen molar-refractivity contribution in [3.05, 3.63) is 35.3 Å². The number of benzene rings is 1. The second-order valence-electron chi connectivity index (χ2n) is 5.88. The number of nitrogens with one attached hydrogen (secondary N) is 1. The minimum absolute atomic E-state index is 0.0121. The van der Waals surface area contributed by atoms with Crippen LogP contribution < -0.4 is 10.2 Å². The lowest BCUT2D eigenvalue weighted by Gasteiger charge is -2.38. The van der Waals surface area contributed by atoms with Gasteiger partial charge >= 0.3 is 0 Å². The van der Waals surface area contributed by atoms with Crippen molar-refractivity contribution in [1.82, 2.24) is 15.1 Å². The largest absolute Gasteiger partial charge is 0.369 e. The molecule has 24 heavy (non-hydrogen) atoms. The van der Waals surface area contributed by atoms with E-state index < -0.39 is 0 Å². The SMILES string of the molecule is CCc1nnc(NC(=O)[C@@H](C)N2CCN(c3ccccc3)CC2)s1. The van der Waals surface area contributed by atoms with Crippen LogP contribution >= 0.6 is 11.3 Å². The fourth-order valence-corrected chi connectivity index (χ4v) is 3.51. The third-order valence-corrected chi connectivity index (χ3v) is 5.35. The average Bonchev–Trinajstić information content (AvgIpc) is 3.09. The van der Waals surface area contributed by atoms with Crippen molar-refractivity contribution in [3.63, 3.8) is 0 Å². The molecule has 0 radical (unpaired) electrons. The summed E-state index contributed by atoms with van der Waals surface area (Å²) in [5, 5.41) is 12.5. The number of hydrogen-bond acceptors (Lipinski definition) is 6. The predicted octanol–water partition coefficient (Wildman–Crippen LogP) is 2.25. The van der Waals surface area contributed by atoms with E-state index in [1.165, 1.54) is 17.0 Å². The number of nitrogens with zero attached hydrogens (tertiary/aromatic N) is 4. The third-order valence-electron chi connectivity index (χ3n) is 4.36. The normalized spacial score (nSPS) is 16.8. The molecule has 1 aliphatic heterocycles. The molecule has 3 rings (SSSR count). The van der Waals surface area contributed by atoms with Gasteiger partial charge in [0.15, 0.2) is 0 Å². The fraction of sp³-hybridized carbons (Fsp3) is 0.471. The highest BCUT2D eigenvalue weighted by molar-refractivity contribution is 7.15. The summed E-state index contributed by atoms with van der Waals surface area (Å²) in [4.78, 5) is 17.0. The number of carbonyl (C=O) groups excluding carboxylic acids is 1. The molecule has 0 aliphatic carbocycles. The van der Waals surface area contributed by atoms with Crippen LogP contribution in [0.2, 0.25) is 0 Å². The van der Waals surface area contributed by atoms with E-state index in [-0.39, 0.29) is 11.9 Å². The molecule has 0 spiro atoms. The van der Waals surface area contributed by atoms with Gasteiger partial charge in [0.2, 0.25) is 11.0 Å². The third kappa shape index (κ3) is 3.91. The Hall–Kier alpha value is -1.99. The standard InChI is InChI=1S/C17H23N5OS/c1-3-15-19-20-17(24-15)18-16(23)13(2)21-9-11-22(12-10-21)14-7-5-4-6-8-14/h4-8,13H,3,9-12H2,1-2H3,(H,18,20,23)/t13-/m1/s1. The second kappa shape index (κ2) is 7.72. The van der Waals surface area contributed by atoms with E-state index >= 15 is 0 Å². The number of hydrogen-bond donors (Lipinski definition) is 1. The maximum Gasteiger partial charge on any atom is 0.243 e. The van der Waals surface area contributed by atoms with Crippen LogP contribution in [0, 0.1) is 0 Å². The van der Waals surface area contributed by atoms with Crippen molar-refractivity contribution in [2.24, 2.45) is 0 Å². The summed E-state index contributed by atoms with van der Waals surface area (Å²) < 4.78 is 0. The van der Waals surface area contributed by atoms with E-state index in [9.17, 15) is 4.79 Å². The number of aromatic nitrogens is 2. The number of rotatable bonds is 5. The van der Waals surface area contributed by atoms with Gasteiger partial charge in [0.1, 0.15) is 5.01 Å². The Morgan fingerprint density at radius 2 is 1.92 bits per heavy atom. The maximum absolute atomic E-state index is 12.4. The molecule has 1 fully saturated rings. The van der Waals surface area contributed by atoms with Crippen molar-refractivity contribution in [1.29, 1.82) is 0 Å². The van der Waals surface area contributed by atoms with Crippen molar-refractivity contribution >= 4 is 28.1 Å². The Balaban J connectivity index is 1.52. The average molecular weight is 345 g/mol. The van der Waals surface area contributed by atoms with E-state index in [0.717, 1.165) is 37.6 Å². The van der Waals surface area contributed by atoms with Crippen LogP contribution in [-0.2, 0) is 11.2 Å². The Labute approximate surface area is 146 Å². The predicted molar refractivity (Wildman–Crippen MR) is 97.6 cm³/mol. The van der Waals surface area contributed by atoms with Gasteiger partial charge in [-0.3, -0.25) is 15.0 Å². The maximum atomic E-state index is 12.4. The molecular weight excluding hydrogens is 322 g/mol. The Morgan fingerprint density at radius 3 is 2.54 bits per heavy atom. The summed E-state index contributed by atoms with van der Waals surface area (Å²) in [7, 11) is 0. The topological polar surface area (TPSA) is 61.4 Å². The first-order valence-corrected chi connectivity index (χ1v) is 9.16. The quantitative estimate of drug-likeness (QED) is 0.901. The van der Waals surface area contributed by atoms with E-state index in [0.29, 0.717) is 5.13 Å². The molecule has 1 N–H and O–H groups in total. The van der Waals surface area contributed by atoms with E-state index in [4.69, 9.17) is 0 Å². The van der Waals surface area contributed by atoms with Crippen LogP contribution in [0.3, 0.4) is 0 Å². The van der Waals surface area contributed by atoms with E-state index in [1.54, 1.807) is 0 Å². The van der Waals surface area contributed by atoms with Gasteiger partial charge in [-0.05, 0) is 25.5 Å². The van der Waals surface area contributed by atoms with Crippen LogP contribution in [0.1, 0.15) is 18.9 Å². The molecule has 1 aliphatic rings. The van der Waals surface area contributed by atoms with Crippen molar-refractivity contribution in [2.45, 2.75) is 26.3 Å². The number of para-hydroxylation sites is 1. The Kier molecular flexibility index (Phi) is 5.42. The van der Waals surface area contributed by atoms with Gasteiger partial charge in [-0.2, -0.15) is 0 Å². The van der Waals surface area contributed by atoms with Crippen molar-refractivity contribution in [3.8, 4) is 0 Å². The van der Waals surface area contributed by atoms with Crippen LogP contribution in [0.4, 0.5) is 10.8 Å². The van der Waals surface area contributed by atoms with Crippen molar-refractivity contribution < 1.29 is 4.79 Å². The van der Waals surface area contributed by atoms with Gasteiger partial charge < -0.3 is 4.90 Å². The molecular formula is C17H23N5OS. The molecule has 1 atom stereocenters. The second-order valence-corrected chi connectivity index (χ2v) is 6.94. The molecule has 1 saturated heterocycles. The molecule has 128 valence electrons. The fourth-order valence-electron chi connectivity index (χ4n) is 2.83. The first-order chi connectivity index (χ1) is 11.7. The highest BCUT2D eigenvalue weighted by Gasteiger charge is 2.26. The van der Waals surface area contributed by atoms with Gasteiger partial charge in [0.05, 0.1) is 6.04 Å². The Bertz CT molecular complexity index is 667. The van der Waals surface area contributed by atoms with Crippen LogP contribution in [0.15, 0.2) is 30.3 Å². The van der Waals surface area contributed by atoms with E-state index in [1.807, 2.05) is 19.9 Å². The Morgan fingerprint density at radius 1 is 1.21 bits per heavy atom. The summed E-state index contributed by atoms with van der Waals surface area (Å²) in [6, 6.07) is 10.2.